The Labute approximate surface area is 183 Å². The molecule has 5 nitrogen and oxygen atoms in total. The standard InChI is InChI=1S/C23H20ClN3O2S/c1-26-20-12-9-18(13-21(20)27(2)23(26)29)25-22(28)16-5-3-15(4-6-16)14-30-19-10-7-17(24)8-11-19/h3-13H,14H2,1-2H3,(H,25,28). The first-order valence-electron chi connectivity index (χ1n) is 9.36. The Hall–Kier alpha value is -2.96. The number of thioether (sulfide) groups is 1. The van der Waals surface area contributed by atoms with Crippen molar-refractivity contribution in [1.29, 1.82) is 0 Å². The topological polar surface area (TPSA) is 56.0 Å². The Morgan fingerprint density at radius 1 is 0.933 bits per heavy atom. The molecule has 4 aromatic rings. The predicted molar refractivity (Wildman–Crippen MR) is 124 cm³/mol. The number of carbonyl (C=O) groups is 1. The summed E-state index contributed by atoms with van der Waals surface area (Å²) < 4.78 is 3.15. The molecule has 0 saturated heterocycles. The number of halogens is 1. The van der Waals surface area contributed by atoms with Crippen LogP contribution in [0.2, 0.25) is 5.02 Å². The number of benzene rings is 3. The molecule has 0 radical (unpaired) electrons. The van der Waals surface area contributed by atoms with Crippen LogP contribution in [0.5, 0.6) is 0 Å². The van der Waals surface area contributed by atoms with Gasteiger partial charge in [0.05, 0.1) is 11.0 Å². The highest BCUT2D eigenvalue weighted by Crippen LogP contribution is 2.24. The summed E-state index contributed by atoms with van der Waals surface area (Å²) >= 11 is 7.63. The second kappa shape index (κ2) is 8.42. The maximum absolute atomic E-state index is 12.6. The van der Waals surface area contributed by atoms with Gasteiger partial charge in [-0.15, -0.1) is 11.8 Å². The van der Waals surface area contributed by atoms with Crippen LogP contribution in [0.1, 0.15) is 15.9 Å². The summed E-state index contributed by atoms with van der Waals surface area (Å²) in [6, 6.07) is 20.8. The van der Waals surface area contributed by atoms with Crippen LogP contribution in [-0.2, 0) is 19.8 Å². The van der Waals surface area contributed by atoms with E-state index in [1.165, 1.54) is 0 Å². The van der Waals surface area contributed by atoms with Crippen LogP contribution in [-0.4, -0.2) is 15.0 Å². The number of carbonyl (C=O) groups excluding carboxylic acids is 1. The first kappa shape index (κ1) is 20.3. The molecule has 0 aliphatic carbocycles. The molecule has 0 saturated carbocycles. The molecular formula is C23H20ClN3O2S. The minimum absolute atomic E-state index is 0.0967. The summed E-state index contributed by atoms with van der Waals surface area (Å²) in [6.07, 6.45) is 0. The fourth-order valence-electron chi connectivity index (χ4n) is 3.24. The third kappa shape index (κ3) is 4.15. The van der Waals surface area contributed by atoms with Gasteiger partial charge in [0.25, 0.3) is 5.91 Å². The Bertz CT molecular complexity index is 1280. The molecule has 0 fully saturated rings. The molecule has 0 spiro atoms. The SMILES string of the molecule is Cn1c(=O)n(C)c2cc(NC(=O)c3ccc(CSc4ccc(Cl)cc4)cc3)ccc21. The van der Waals surface area contributed by atoms with Crippen molar-refractivity contribution in [3.8, 4) is 0 Å². The van der Waals surface area contributed by atoms with E-state index in [9.17, 15) is 9.59 Å². The number of hydrogen-bond donors (Lipinski definition) is 1. The fraction of sp³-hybridized carbons (Fsp3) is 0.130. The molecule has 1 N–H and O–H groups in total. The average molecular weight is 438 g/mol. The summed E-state index contributed by atoms with van der Waals surface area (Å²) in [6.45, 7) is 0. The van der Waals surface area contributed by atoms with Gasteiger partial charge < -0.3 is 5.32 Å². The normalized spacial score (nSPS) is 11.0. The van der Waals surface area contributed by atoms with Gasteiger partial charge in [0, 0.05) is 41.0 Å². The van der Waals surface area contributed by atoms with Gasteiger partial charge in [0.15, 0.2) is 0 Å². The molecule has 0 unspecified atom stereocenters. The van der Waals surface area contributed by atoms with Crippen molar-refractivity contribution in [1.82, 2.24) is 9.13 Å². The molecule has 0 aliphatic rings. The quantitative estimate of drug-likeness (QED) is 0.443. The van der Waals surface area contributed by atoms with E-state index in [1.54, 1.807) is 41.1 Å². The van der Waals surface area contributed by atoms with E-state index in [-0.39, 0.29) is 11.6 Å². The second-order valence-corrected chi connectivity index (χ2v) is 8.48. The van der Waals surface area contributed by atoms with Gasteiger partial charge in [0.2, 0.25) is 0 Å². The molecule has 3 aromatic carbocycles. The number of nitrogens with zero attached hydrogens (tertiary/aromatic N) is 2. The van der Waals surface area contributed by atoms with Gasteiger partial charge in [-0.1, -0.05) is 23.7 Å². The van der Waals surface area contributed by atoms with Gasteiger partial charge >= 0.3 is 5.69 Å². The number of hydrogen-bond acceptors (Lipinski definition) is 3. The average Bonchev–Trinajstić information content (AvgIpc) is 2.97. The van der Waals surface area contributed by atoms with Gasteiger partial charge in [-0.2, -0.15) is 0 Å². The van der Waals surface area contributed by atoms with Gasteiger partial charge in [-0.25, -0.2) is 4.79 Å². The Kier molecular flexibility index (Phi) is 5.70. The Morgan fingerprint density at radius 2 is 1.60 bits per heavy atom. The van der Waals surface area contributed by atoms with E-state index in [0.29, 0.717) is 11.3 Å². The van der Waals surface area contributed by atoms with Crippen molar-refractivity contribution >= 4 is 46.0 Å². The molecule has 1 heterocycles. The van der Waals surface area contributed by atoms with Crippen LogP contribution < -0.4 is 11.0 Å². The molecule has 4 rings (SSSR count). The van der Waals surface area contributed by atoms with Crippen molar-refractivity contribution in [2.24, 2.45) is 14.1 Å². The number of anilines is 1. The summed E-state index contributed by atoms with van der Waals surface area (Å²) in [5.74, 6) is 0.620. The van der Waals surface area contributed by atoms with Crippen LogP contribution in [0, 0.1) is 0 Å². The van der Waals surface area contributed by atoms with Crippen molar-refractivity contribution in [2.75, 3.05) is 5.32 Å². The van der Waals surface area contributed by atoms with Gasteiger partial charge in [-0.3, -0.25) is 13.9 Å². The third-order valence-electron chi connectivity index (χ3n) is 4.97. The molecule has 152 valence electrons. The number of imidazole rings is 1. The Balaban J connectivity index is 1.43. The van der Waals surface area contributed by atoms with Crippen molar-refractivity contribution < 1.29 is 4.79 Å². The van der Waals surface area contributed by atoms with Crippen molar-refractivity contribution in [2.45, 2.75) is 10.6 Å². The van der Waals surface area contributed by atoms with Crippen molar-refractivity contribution in [3.05, 3.63) is 93.4 Å². The lowest BCUT2D eigenvalue weighted by Gasteiger charge is -2.07. The molecule has 7 heteroatoms. The predicted octanol–water partition coefficient (Wildman–Crippen LogP) is 5.08. The summed E-state index contributed by atoms with van der Waals surface area (Å²) in [5.41, 5.74) is 3.86. The number of nitrogens with one attached hydrogen (secondary N) is 1. The highest BCUT2D eigenvalue weighted by atomic mass is 35.5. The fourth-order valence-corrected chi connectivity index (χ4v) is 4.22. The van der Waals surface area contributed by atoms with Crippen molar-refractivity contribution in [3.63, 3.8) is 0 Å². The zero-order valence-corrected chi connectivity index (χ0v) is 18.1. The molecule has 30 heavy (non-hydrogen) atoms. The van der Waals surface area contributed by atoms with Crippen LogP contribution in [0.15, 0.2) is 76.4 Å². The van der Waals surface area contributed by atoms with Crippen LogP contribution in [0.25, 0.3) is 11.0 Å². The Morgan fingerprint density at radius 3 is 2.30 bits per heavy atom. The van der Waals surface area contributed by atoms with E-state index >= 15 is 0 Å². The lowest BCUT2D eigenvalue weighted by molar-refractivity contribution is 0.102. The number of rotatable bonds is 5. The lowest BCUT2D eigenvalue weighted by Crippen LogP contribution is -2.19. The minimum atomic E-state index is -0.188. The summed E-state index contributed by atoms with van der Waals surface area (Å²) in [4.78, 5) is 25.8. The van der Waals surface area contributed by atoms with Gasteiger partial charge in [0.1, 0.15) is 0 Å². The summed E-state index contributed by atoms with van der Waals surface area (Å²) in [5, 5.41) is 3.63. The first-order valence-corrected chi connectivity index (χ1v) is 10.7. The molecular weight excluding hydrogens is 418 g/mol. The van der Waals surface area contributed by atoms with Crippen LogP contribution >= 0.6 is 23.4 Å². The van der Waals surface area contributed by atoms with E-state index in [2.05, 4.69) is 5.32 Å². The minimum Gasteiger partial charge on any atom is -0.322 e. The molecule has 1 aromatic heterocycles. The van der Waals surface area contributed by atoms with Crippen LogP contribution in [0.4, 0.5) is 5.69 Å². The highest BCUT2D eigenvalue weighted by Gasteiger charge is 2.11. The van der Waals surface area contributed by atoms with E-state index in [1.807, 2.05) is 60.7 Å². The largest absolute Gasteiger partial charge is 0.328 e. The monoisotopic (exact) mass is 437 g/mol. The lowest BCUT2D eigenvalue weighted by atomic mass is 10.1. The number of fused-ring (bicyclic) bond motifs is 1. The maximum atomic E-state index is 12.6. The number of aryl methyl sites for hydroxylation is 2. The highest BCUT2D eigenvalue weighted by molar-refractivity contribution is 7.98. The van der Waals surface area contributed by atoms with Crippen LogP contribution in [0.3, 0.4) is 0 Å². The van der Waals surface area contributed by atoms with E-state index in [4.69, 9.17) is 11.6 Å². The van der Waals surface area contributed by atoms with Gasteiger partial charge in [-0.05, 0) is 60.2 Å². The second-order valence-electron chi connectivity index (χ2n) is 7.00. The van der Waals surface area contributed by atoms with E-state index in [0.717, 1.165) is 32.3 Å². The maximum Gasteiger partial charge on any atom is 0.328 e. The number of aromatic nitrogens is 2. The zero-order valence-electron chi connectivity index (χ0n) is 16.6. The first-order chi connectivity index (χ1) is 14.4. The molecule has 0 aliphatic heterocycles. The smallest absolute Gasteiger partial charge is 0.322 e. The molecule has 0 bridgehead atoms. The molecule has 1 amide bonds. The summed E-state index contributed by atoms with van der Waals surface area (Å²) in [7, 11) is 3.45. The number of amides is 1. The zero-order chi connectivity index (χ0) is 21.3. The third-order valence-corrected chi connectivity index (χ3v) is 6.30. The van der Waals surface area contributed by atoms with E-state index < -0.39 is 0 Å². The molecule has 0 atom stereocenters.